The molecule has 0 fully saturated rings. The first kappa shape index (κ1) is 15.1. The molecule has 0 aromatic heterocycles. The van der Waals surface area contributed by atoms with Crippen molar-refractivity contribution in [2.45, 2.75) is 45.2 Å². The Labute approximate surface area is 94.2 Å². The topological polar surface area (TPSA) is 12.0 Å². The monoisotopic (exact) mass is 243 g/mol. The molecule has 5 heteroatoms. The van der Waals surface area contributed by atoms with Crippen LogP contribution in [-0.2, 0) is 0 Å². The van der Waals surface area contributed by atoms with Gasteiger partial charge in [-0.15, -0.1) is 0 Å². The minimum atomic E-state index is -4.08. The standard InChI is InChI=1S/C10H20F3NS/c1-4-9(7-14-8(2)3)5-6-15-10(11,12)13/h8-9,14H,4-7H2,1-3H3. The summed E-state index contributed by atoms with van der Waals surface area (Å²) in [6, 6.07) is 0.398. The van der Waals surface area contributed by atoms with E-state index in [-0.39, 0.29) is 17.5 Å². The summed E-state index contributed by atoms with van der Waals surface area (Å²) < 4.78 is 35.6. The third-order valence-corrected chi connectivity index (χ3v) is 2.95. The Morgan fingerprint density at radius 3 is 2.27 bits per heavy atom. The van der Waals surface area contributed by atoms with Crippen LogP contribution in [0.2, 0.25) is 0 Å². The molecule has 0 saturated heterocycles. The summed E-state index contributed by atoms with van der Waals surface area (Å²) in [6.07, 6.45) is 1.55. The Bertz CT molecular complexity index is 159. The number of hydrogen-bond acceptors (Lipinski definition) is 2. The van der Waals surface area contributed by atoms with Gasteiger partial charge in [0, 0.05) is 11.8 Å². The molecule has 0 aromatic carbocycles. The fourth-order valence-electron chi connectivity index (χ4n) is 1.19. The third kappa shape index (κ3) is 10.4. The van der Waals surface area contributed by atoms with Crippen molar-refractivity contribution in [1.29, 1.82) is 0 Å². The van der Waals surface area contributed by atoms with E-state index in [1.165, 1.54) is 0 Å². The van der Waals surface area contributed by atoms with Crippen LogP contribution in [0.4, 0.5) is 13.2 Å². The van der Waals surface area contributed by atoms with Gasteiger partial charge in [-0.2, -0.15) is 13.2 Å². The molecule has 1 nitrogen and oxygen atoms in total. The van der Waals surface area contributed by atoms with E-state index < -0.39 is 5.51 Å². The van der Waals surface area contributed by atoms with Crippen molar-refractivity contribution in [1.82, 2.24) is 5.32 Å². The molecule has 1 atom stereocenters. The van der Waals surface area contributed by atoms with Crippen molar-refractivity contribution < 1.29 is 13.2 Å². The van der Waals surface area contributed by atoms with E-state index in [4.69, 9.17) is 0 Å². The SMILES string of the molecule is CCC(CCSC(F)(F)F)CNC(C)C. The van der Waals surface area contributed by atoms with E-state index >= 15 is 0 Å². The van der Waals surface area contributed by atoms with Crippen molar-refractivity contribution in [2.24, 2.45) is 5.92 Å². The lowest BCUT2D eigenvalue weighted by atomic mass is 10.0. The van der Waals surface area contributed by atoms with Gasteiger partial charge in [0.2, 0.25) is 0 Å². The van der Waals surface area contributed by atoms with Crippen LogP contribution < -0.4 is 5.32 Å². The molecule has 0 radical (unpaired) electrons. The van der Waals surface area contributed by atoms with Gasteiger partial charge in [-0.05, 0) is 18.9 Å². The summed E-state index contributed by atoms with van der Waals surface area (Å²) in [5.74, 6) is 0.518. The Balaban J connectivity index is 3.62. The average molecular weight is 243 g/mol. The van der Waals surface area contributed by atoms with Crippen LogP contribution >= 0.6 is 11.8 Å². The van der Waals surface area contributed by atoms with Crippen LogP contribution in [0.5, 0.6) is 0 Å². The van der Waals surface area contributed by atoms with Gasteiger partial charge in [0.1, 0.15) is 0 Å². The van der Waals surface area contributed by atoms with Crippen molar-refractivity contribution >= 4 is 11.8 Å². The minimum absolute atomic E-state index is 0.0837. The van der Waals surface area contributed by atoms with E-state index in [2.05, 4.69) is 5.32 Å². The second-order valence-electron chi connectivity index (χ2n) is 3.92. The fraction of sp³-hybridized carbons (Fsp3) is 1.00. The van der Waals surface area contributed by atoms with Gasteiger partial charge < -0.3 is 5.32 Å². The molecule has 0 heterocycles. The molecule has 0 aliphatic carbocycles. The molecule has 0 aliphatic heterocycles. The van der Waals surface area contributed by atoms with Crippen LogP contribution in [-0.4, -0.2) is 23.8 Å². The largest absolute Gasteiger partial charge is 0.441 e. The second-order valence-corrected chi connectivity index (χ2v) is 5.08. The molecular weight excluding hydrogens is 223 g/mol. The molecule has 0 rings (SSSR count). The summed E-state index contributed by atoms with van der Waals surface area (Å²) in [7, 11) is 0. The normalized spacial score (nSPS) is 14.6. The zero-order chi connectivity index (χ0) is 11.9. The number of rotatable bonds is 7. The molecular formula is C10H20F3NS. The fourth-order valence-corrected chi connectivity index (χ4v) is 1.88. The minimum Gasteiger partial charge on any atom is -0.314 e. The number of thioether (sulfide) groups is 1. The third-order valence-electron chi connectivity index (χ3n) is 2.18. The summed E-state index contributed by atoms with van der Waals surface area (Å²) >= 11 is 0.0837. The quantitative estimate of drug-likeness (QED) is 0.732. The van der Waals surface area contributed by atoms with Crippen LogP contribution in [0.25, 0.3) is 0 Å². The van der Waals surface area contributed by atoms with Crippen molar-refractivity contribution in [2.75, 3.05) is 12.3 Å². The number of nitrogens with one attached hydrogen (secondary N) is 1. The first-order chi connectivity index (χ1) is 6.85. The first-order valence-electron chi connectivity index (χ1n) is 5.29. The van der Waals surface area contributed by atoms with Crippen LogP contribution in [0.3, 0.4) is 0 Å². The molecule has 0 aromatic rings. The Hall–Kier alpha value is 0.1000. The van der Waals surface area contributed by atoms with Crippen molar-refractivity contribution in [3.8, 4) is 0 Å². The predicted octanol–water partition coefficient (Wildman–Crippen LogP) is 3.65. The van der Waals surface area contributed by atoms with Gasteiger partial charge in [-0.1, -0.05) is 39.0 Å². The molecule has 92 valence electrons. The lowest BCUT2D eigenvalue weighted by Gasteiger charge is -2.17. The molecule has 0 spiro atoms. The predicted molar refractivity (Wildman–Crippen MR) is 60.0 cm³/mol. The van der Waals surface area contributed by atoms with E-state index in [1.807, 2.05) is 20.8 Å². The van der Waals surface area contributed by atoms with Crippen LogP contribution in [0.1, 0.15) is 33.6 Å². The van der Waals surface area contributed by atoms with E-state index in [0.29, 0.717) is 18.4 Å². The highest BCUT2D eigenvalue weighted by Gasteiger charge is 2.27. The molecule has 0 amide bonds. The number of alkyl halides is 3. The molecule has 0 bridgehead atoms. The maximum absolute atomic E-state index is 11.9. The van der Waals surface area contributed by atoms with E-state index in [1.54, 1.807) is 0 Å². The maximum Gasteiger partial charge on any atom is 0.441 e. The molecule has 0 aliphatic rings. The van der Waals surface area contributed by atoms with Gasteiger partial charge >= 0.3 is 5.51 Å². The van der Waals surface area contributed by atoms with Gasteiger partial charge in [-0.25, -0.2) is 0 Å². The van der Waals surface area contributed by atoms with Crippen LogP contribution in [0.15, 0.2) is 0 Å². The lowest BCUT2D eigenvalue weighted by molar-refractivity contribution is -0.0328. The average Bonchev–Trinajstić information content (AvgIpc) is 2.08. The van der Waals surface area contributed by atoms with Crippen LogP contribution in [0, 0.1) is 5.92 Å². The highest BCUT2D eigenvalue weighted by Crippen LogP contribution is 2.31. The smallest absolute Gasteiger partial charge is 0.314 e. The molecule has 1 unspecified atom stereocenters. The number of hydrogen-bond donors (Lipinski definition) is 1. The zero-order valence-corrected chi connectivity index (χ0v) is 10.3. The van der Waals surface area contributed by atoms with E-state index in [9.17, 15) is 13.2 Å². The Morgan fingerprint density at radius 2 is 1.87 bits per heavy atom. The second kappa shape index (κ2) is 7.39. The summed E-state index contributed by atoms with van der Waals surface area (Å²) in [4.78, 5) is 0. The van der Waals surface area contributed by atoms with Crippen molar-refractivity contribution in [3.05, 3.63) is 0 Å². The first-order valence-corrected chi connectivity index (χ1v) is 6.27. The van der Waals surface area contributed by atoms with Gasteiger partial charge in [0.05, 0.1) is 0 Å². The lowest BCUT2D eigenvalue weighted by Crippen LogP contribution is -2.29. The summed E-state index contributed by atoms with van der Waals surface area (Å²) in [6.45, 7) is 6.91. The number of halogens is 3. The van der Waals surface area contributed by atoms with Gasteiger partial charge in [-0.3, -0.25) is 0 Å². The summed E-state index contributed by atoms with van der Waals surface area (Å²) in [5.41, 5.74) is -4.08. The maximum atomic E-state index is 11.9. The van der Waals surface area contributed by atoms with E-state index in [0.717, 1.165) is 13.0 Å². The van der Waals surface area contributed by atoms with Gasteiger partial charge in [0.25, 0.3) is 0 Å². The Morgan fingerprint density at radius 1 is 1.27 bits per heavy atom. The van der Waals surface area contributed by atoms with Gasteiger partial charge in [0.15, 0.2) is 0 Å². The highest BCUT2D eigenvalue weighted by atomic mass is 32.2. The molecule has 1 N–H and O–H groups in total. The molecule has 15 heavy (non-hydrogen) atoms. The highest BCUT2D eigenvalue weighted by molar-refractivity contribution is 8.00. The Kier molecular flexibility index (Phi) is 7.44. The van der Waals surface area contributed by atoms with Crippen molar-refractivity contribution in [3.63, 3.8) is 0 Å². The zero-order valence-electron chi connectivity index (χ0n) is 9.53. The molecule has 0 saturated carbocycles. The summed E-state index contributed by atoms with van der Waals surface area (Å²) in [5, 5.41) is 3.25.